The van der Waals surface area contributed by atoms with Crippen molar-refractivity contribution in [3.8, 4) is 0 Å². The van der Waals surface area contributed by atoms with Crippen molar-refractivity contribution < 1.29 is 4.80 Å². The summed E-state index contributed by atoms with van der Waals surface area (Å²) in [6, 6.07) is 12.2. The molecule has 0 aliphatic heterocycles. The quantitative estimate of drug-likeness (QED) is 0.738. The molecule has 1 N–H and O–H groups in total. The lowest BCUT2D eigenvalue weighted by Gasteiger charge is -2.24. The molecule has 78 valence electrons. The molecule has 1 aromatic carbocycles. The van der Waals surface area contributed by atoms with E-state index in [-0.39, 0.29) is 0 Å². The highest BCUT2D eigenvalue weighted by molar-refractivity contribution is 6.85. The second-order valence-electron chi connectivity index (χ2n) is 3.90. The largest absolute Gasteiger partial charge is 0.427 e. The number of rotatable bonds is 5. The van der Waals surface area contributed by atoms with Gasteiger partial charge in [0.1, 0.15) is 0 Å². The van der Waals surface area contributed by atoms with Gasteiger partial charge in [0.05, 0.1) is 0 Å². The number of hydrogen-bond acceptors (Lipinski definition) is 1. The average Bonchev–Trinajstić information content (AvgIpc) is 2.20. The summed E-state index contributed by atoms with van der Waals surface area (Å²) in [4.78, 5) is 10.6. The minimum absolute atomic E-state index is 0.991. The Bertz CT molecular complexity index is 252. The first kappa shape index (κ1) is 11.5. The Balaban J connectivity index is 2.87. The van der Waals surface area contributed by atoms with Crippen molar-refractivity contribution in [1.29, 1.82) is 0 Å². The normalized spacial score (nSPS) is 11.6. The fourth-order valence-corrected chi connectivity index (χ4v) is 5.28. The van der Waals surface area contributed by atoms with Crippen LogP contribution < -0.4 is 5.19 Å². The maximum absolute atomic E-state index is 10.6. The van der Waals surface area contributed by atoms with Gasteiger partial charge in [-0.05, 0) is 17.3 Å². The lowest BCUT2D eigenvalue weighted by molar-refractivity contribution is 0.540. The summed E-state index contributed by atoms with van der Waals surface area (Å²) in [5, 5.41) is 1.20. The van der Waals surface area contributed by atoms with Gasteiger partial charge in [-0.25, -0.2) is 0 Å². The first-order valence-corrected chi connectivity index (χ1v) is 7.87. The fourth-order valence-electron chi connectivity index (χ4n) is 1.99. The Morgan fingerprint density at radius 3 is 1.93 bits per heavy atom. The fraction of sp³-hybridized carbons (Fsp3) is 0.500. The smallest absolute Gasteiger partial charge is 0.220 e. The molecule has 0 fully saturated rings. The Labute approximate surface area is 87.9 Å². The molecule has 14 heavy (non-hydrogen) atoms. The first-order chi connectivity index (χ1) is 6.73. The van der Waals surface area contributed by atoms with E-state index in [9.17, 15) is 4.80 Å². The van der Waals surface area contributed by atoms with Crippen LogP contribution in [0, 0.1) is 0 Å². The van der Waals surface area contributed by atoms with Gasteiger partial charge in [0.25, 0.3) is 0 Å². The number of hydrogen-bond donors (Lipinski definition) is 1. The highest BCUT2D eigenvalue weighted by Crippen LogP contribution is 2.16. The Kier molecular flexibility index (Phi) is 4.36. The summed E-state index contributed by atoms with van der Waals surface area (Å²) in [6.07, 6.45) is 2.16. The minimum Gasteiger partial charge on any atom is -0.427 e. The van der Waals surface area contributed by atoms with E-state index in [1.54, 1.807) is 0 Å². The summed E-state index contributed by atoms with van der Waals surface area (Å²) < 4.78 is 0. The van der Waals surface area contributed by atoms with Gasteiger partial charge in [-0.2, -0.15) is 0 Å². The van der Waals surface area contributed by atoms with Gasteiger partial charge in [-0.3, -0.25) is 0 Å². The Hall–Kier alpha value is -0.603. The van der Waals surface area contributed by atoms with Crippen LogP contribution in [0.1, 0.15) is 26.7 Å². The van der Waals surface area contributed by atoms with Crippen LogP contribution in [-0.2, 0) is 0 Å². The monoisotopic (exact) mass is 208 g/mol. The third kappa shape index (κ3) is 2.69. The van der Waals surface area contributed by atoms with Crippen molar-refractivity contribution in [1.82, 2.24) is 0 Å². The van der Waals surface area contributed by atoms with Crippen molar-refractivity contribution in [2.75, 3.05) is 0 Å². The van der Waals surface area contributed by atoms with Crippen LogP contribution in [0.15, 0.2) is 30.3 Å². The molecular formula is C12H20OSi. The third-order valence-corrected chi connectivity index (χ3v) is 6.70. The zero-order chi connectivity index (χ0) is 10.4. The summed E-state index contributed by atoms with van der Waals surface area (Å²) >= 11 is 0. The molecule has 0 saturated heterocycles. The third-order valence-electron chi connectivity index (χ3n) is 2.64. The van der Waals surface area contributed by atoms with Gasteiger partial charge in [-0.1, -0.05) is 57.0 Å². The van der Waals surface area contributed by atoms with E-state index >= 15 is 0 Å². The molecule has 0 unspecified atom stereocenters. The molecule has 0 spiro atoms. The van der Waals surface area contributed by atoms with Gasteiger partial charge >= 0.3 is 0 Å². The molecule has 0 aliphatic carbocycles. The number of benzene rings is 1. The van der Waals surface area contributed by atoms with E-state index in [0.717, 1.165) is 24.9 Å². The van der Waals surface area contributed by atoms with E-state index in [1.165, 1.54) is 5.19 Å². The van der Waals surface area contributed by atoms with Crippen LogP contribution in [0.4, 0.5) is 0 Å². The Morgan fingerprint density at radius 1 is 1.00 bits per heavy atom. The lowest BCUT2D eigenvalue weighted by Crippen LogP contribution is -2.47. The molecule has 1 aromatic rings. The molecule has 0 aromatic heterocycles. The molecule has 1 nitrogen and oxygen atoms in total. The van der Waals surface area contributed by atoms with Crippen molar-refractivity contribution >= 4 is 13.5 Å². The predicted molar refractivity (Wildman–Crippen MR) is 64.2 cm³/mol. The lowest BCUT2D eigenvalue weighted by atomic mass is 10.4. The molecule has 0 heterocycles. The minimum atomic E-state index is -2.13. The summed E-state index contributed by atoms with van der Waals surface area (Å²) in [5.41, 5.74) is 0. The van der Waals surface area contributed by atoms with Gasteiger partial charge < -0.3 is 4.80 Å². The van der Waals surface area contributed by atoms with Crippen LogP contribution in [0.5, 0.6) is 0 Å². The Morgan fingerprint density at radius 2 is 1.50 bits per heavy atom. The van der Waals surface area contributed by atoms with Crippen molar-refractivity contribution in [2.24, 2.45) is 0 Å². The van der Waals surface area contributed by atoms with Crippen LogP contribution in [0.2, 0.25) is 12.1 Å². The standard InChI is InChI=1S/C12H20OSi/c1-3-10-14(13,11-4-2)12-8-6-5-7-9-12/h5-9,13H,3-4,10-11H2,1-2H3. The first-order valence-electron chi connectivity index (χ1n) is 5.51. The van der Waals surface area contributed by atoms with Crippen molar-refractivity contribution in [2.45, 2.75) is 38.8 Å². The van der Waals surface area contributed by atoms with Crippen LogP contribution in [0.25, 0.3) is 0 Å². The van der Waals surface area contributed by atoms with E-state index < -0.39 is 8.32 Å². The van der Waals surface area contributed by atoms with Crippen LogP contribution in [-0.4, -0.2) is 13.1 Å². The van der Waals surface area contributed by atoms with E-state index in [4.69, 9.17) is 0 Å². The zero-order valence-electron chi connectivity index (χ0n) is 9.16. The summed E-state index contributed by atoms with van der Waals surface area (Å²) in [6.45, 7) is 4.30. The van der Waals surface area contributed by atoms with E-state index in [2.05, 4.69) is 26.0 Å². The van der Waals surface area contributed by atoms with Crippen molar-refractivity contribution in [3.63, 3.8) is 0 Å². The summed E-state index contributed by atoms with van der Waals surface area (Å²) in [7, 11) is -2.13. The maximum atomic E-state index is 10.6. The SMILES string of the molecule is CCC[Si](O)(CCC)c1ccccc1. The second kappa shape index (κ2) is 5.32. The highest BCUT2D eigenvalue weighted by Gasteiger charge is 2.30. The predicted octanol–water partition coefficient (Wildman–Crippen LogP) is 2.65. The molecular weight excluding hydrogens is 188 g/mol. The molecule has 0 bridgehead atoms. The van der Waals surface area contributed by atoms with Gasteiger partial charge in [0.15, 0.2) is 0 Å². The molecule has 0 atom stereocenters. The molecule has 0 saturated carbocycles. The van der Waals surface area contributed by atoms with Gasteiger partial charge in [0, 0.05) is 0 Å². The second-order valence-corrected chi connectivity index (χ2v) is 7.54. The van der Waals surface area contributed by atoms with E-state index in [0.29, 0.717) is 0 Å². The highest BCUT2D eigenvalue weighted by atomic mass is 28.4. The molecule has 2 heteroatoms. The summed E-state index contributed by atoms with van der Waals surface area (Å²) in [5.74, 6) is 0. The van der Waals surface area contributed by atoms with Crippen LogP contribution in [0.3, 0.4) is 0 Å². The molecule has 0 aliphatic rings. The van der Waals surface area contributed by atoms with Crippen molar-refractivity contribution in [3.05, 3.63) is 30.3 Å². The molecule has 1 rings (SSSR count). The average molecular weight is 208 g/mol. The molecule has 0 amide bonds. The molecule has 0 radical (unpaired) electrons. The maximum Gasteiger partial charge on any atom is 0.220 e. The zero-order valence-corrected chi connectivity index (χ0v) is 10.2. The topological polar surface area (TPSA) is 20.2 Å². The van der Waals surface area contributed by atoms with Crippen LogP contribution >= 0.6 is 0 Å². The van der Waals surface area contributed by atoms with E-state index in [1.807, 2.05) is 18.2 Å². The van der Waals surface area contributed by atoms with Gasteiger partial charge in [0.2, 0.25) is 8.32 Å². The van der Waals surface area contributed by atoms with Gasteiger partial charge in [-0.15, -0.1) is 0 Å².